The molecule has 0 amide bonds. The largest absolute Gasteiger partial charge is 0.323 e. The van der Waals surface area contributed by atoms with Crippen molar-refractivity contribution in [3.05, 3.63) is 21.3 Å². The smallest absolute Gasteiger partial charge is 0.0516 e. The Morgan fingerprint density at radius 2 is 2.50 bits per heavy atom. The first kappa shape index (κ1) is 8.05. The Morgan fingerprint density at radius 1 is 1.80 bits per heavy atom. The van der Waals surface area contributed by atoms with Crippen LogP contribution < -0.4 is 5.73 Å². The van der Waals surface area contributed by atoms with Crippen molar-refractivity contribution in [1.29, 1.82) is 0 Å². The Labute approximate surface area is 69.8 Å². The fourth-order valence-corrected chi connectivity index (χ4v) is 1.89. The van der Waals surface area contributed by atoms with E-state index in [0.717, 1.165) is 11.4 Å². The molecular formula is C7H10ClNS. The highest BCUT2D eigenvalue weighted by Crippen LogP contribution is 2.25. The molecule has 1 atom stereocenters. The maximum atomic E-state index is 5.76. The van der Waals surface area contributed by atoms with Crippen molar-refractivity contribution < 1.29 is 0 Å². The summed E-state index contributed by atoms with van der Waals surface area (Å²) >= 11 is 7.34. The molecule has 0 saturated heterocycles. The van der Waals surface area contributed by atoms with Crippen molar-refractivity contribution >= 4 is 22.9 Å². The molecule has 0 fully saturated rings. The van der Waals surface area contributed by atoms with Gasteiger partial charge in [-0.05, 0) is 12.5 Å². The van der Waals surface area contributed by atoms with Crippen LogP contribution in [0.3, 0.4) is 0 Å². The summed E-state index contributed by atoms with van der Waals surface area (Å²) in [4.78, 5) is 1.17. The summed E-state index contributed by atoms with van der Waals surface area (Å²) in [5.74, 6) is 0. The van der Waals surface area contributed by atoms with E-state index in [1.807, 2.05) is 11.4 Å². The highest BCUT2D eigenvalue weighted by Gasteiger charge is 2.04. The van der Waals surface area contributed by atoms with Crippen molar-refractivity contribution in [1.82, 2.24) is 0 Å². The van der Waals surface area contributed by atoms with Crippen LogP contribution in [-0.4, -0.2) is 0 Å². The van der Waals surface area contributed by atoms with E-state index in [9.17, 15) is 0 Å². The van der Waals surface area contributed by atoms with Gasteiger partial charge < -0.3 is 5.73 Å². The van der Waals surface area contributed by atoms with Crippen LogP contribution in [0.1, 0.15) is 24.3 Å². The Hall–Kier alpha value is -0.0500. The molecule has 0 radical (unpaired) electrons. The molecule has 3 heteroatoms. The lowest BCUT2D eigenvalue weighted by molar-refractivity contribution is 0.712. The van der Waals surface area contributed by atoms with Gasteiger partial charge in [-0.1, -0.05) is 18.5 Å². The molecule has 10 heavy (non-hydrogen) atoms. The first-order chi connectivity index (χ1) is 4.74. The van der Waals surface area contributed by atoms with Gasteiger partial charge in [0, 0.05) is 16.3 Å². The first-order valence-electron chi connectivity index (χ1n) is 3.23. The summed E-state index contributed by atoms with van der Waals surface area (Å²) in [6.45, 7) is 2.07. The SMILES string of the molecule is CC[C@@H](N)c1cc(Cl)cs1. The number of halogens is 1. The van der Waals surface area contributed by atoms with Crippen molar-refractivity contribution in [2.45, 2.75) is 19.4 Å². The quantitative estimate of drug-likeness (QED) is 0.735. The van der Waals surface area contributed by atoms with Crippen LogP contribution in [-0.2, 0) is 0 Å². The molecule has 0 spiro atoms. The Balaban J connectivity index is 2.74. The minimum atomic E-state index is 0.164. The van der Waals surface area contributed by atoms with Crippen molar-refractivity contribution in [2.24, 2.45) is 5.73 Å². The first-order valence-corrected chi connectivity index (χ1v) is 4.49. The average Bonchev–Trinajstić information content (AvgIpc) is 2.34. The molecule has 1 nitrogen and oxygen atoms in total. The summed E-state index contributed by atoms with van der Waals surface area (Å²) in [5, 5.41) is 2.70. The Bertz CT molecular complexity index is 209. The molecule has 0 aliphatic heterocycles. The second kappa shape index (κ2) is 3.37. The molecule has 1 rings (SSSR count). The van der Waals surface area contributed by atoms with E-state index in [0.29, 0.717) is 0 Å². The molecule has 0 bridgehead atoms. The van der Waals surface area contributed by atoms with Gasteiger partial charge in [-0.3, -0.25) is 0 Å². The monoisotopic (exact) mass is 175 g/mol. The molecule has 0 unspecified atom stereocenters. The highest BCUT2D eigenvalue weighted by molar-refractivity contribution is 7.10. The number of rotatable bonds is 2. The summed E-state index contributed by atoms with van der Waals surface area (Å²) in [6, 6.07) is 2.10. The fraction of sp³-hybridized carbons (Fsp3) is 0.429. The van der Waals surface area contributed by atoms with E-state index in [-0.39, 0.29) is 6.04 Å². The lowest BCUT2D eigenvalue weighted by Gasteiger charge is -2.02. The van der Waals surface area contributed by atoms with Crippen LogP contribution in [0.5, 0.6) is 0 Å². The second-order valence-electron chi connectivity index (χ2n) is 2.18. The topological polar surface area (TPSA) is 26.0 Å². The number of thiophene rings is 1. The molecule has 1 aromatic rings. The molecular weight excluding hydrogens is 166 g/mol. The molecule has 2 N–H and O–H groups in total. The van der Waals surface area contributed by atoms with Crippen molar-refractivity contribution in [2.75, 3.05) is 0 Å². The standard InChI is InChI=1S/C7H10ClNS/c1-2-6(9)7-3-5(8)4-10-7/h3-4,6H,2,9H2,1H3/t6-/m1/s1. The van der Waals surface area contributed by atoms with Crippen LogP contribution >= 0.6 is 22.9 Å². The summed E-state index contributed by atoms with van der Waals surface area (Å²) in [7, 11) is 0. The Morgan fingerprint density at radius 3 is 2.90 bits per heavy atom. The maximum absolute atomic E-state index is 5.76. The molecule has 0 aromatic carbocycles. The van der Waals surface area contributed by atoms with E-state index in [1.54, 1.807) is 11.3 Å². The molecule has 0 aliphatic rings. The molecule has 1 heterocycles. The zero-order valence-electron chi connectivity index (χ0n) is 5.80. The van der Waals surface area contributed by atoms with Gasteiger partial charge in [0.1, 0.15) is 0 Å². The summed E-state index contributed by atoms with van der Waals surface area (Å²) in [6.07, 6.45) is 0.969. The minimum absolute atomic E-state index is 0.164. The van der Waals surface area contributed by atoms with E-state index >= 15 is 0 Å². The zero-order chi connectivity index (χ0) is 7.56. The van der Waals surface area contributed by atoms with E-state index in [2.05, 4.69) is 6.92 Å². The van der Waals surface area contributed by atoms with Crippen LogP contribution in [0.4, 0.5) is 0 Å². The van der Waals surface area contributed by atoms with Crippen LogP contribution in [0.2, 0.25) is 5.02 Å². The lowest BCUT2D eigenvalue weighted by atomic mass is 10.2. The zero-order valence-corrected chi connectivity index (χ0v) is 7.38. The van der Waals surface area contributed by atoms with E-state index in [1.165, 1.54) is 4.88 Å². The van der Waals surface area contributed by atoms with Crippen molar-refractivity contribution in [3.8, 4) is 0 Å². The Kier molecular flexibility index (Phi) is 2.72. The van der Waals surface area contributed by atoms with Gasteiger partial charge in [-0.25, -0.2) is 0 Å². The number of hydrogen-bond acceptors (Lipinski definition) is 2. The highest BCUT2D eigenvalue weighted by atomic mass is 35.5. The van der Waals surface area contributed by atoms with Gasteiger partial charge in [0.15, 0.2) is 0 Å². The summed E-state index contributed by atoms with van der Waals surface area (Å²) in [5.41, 5.74) is 5.76. The molecule has 0 saturated carbocycles. The van der Waals surface area contributed by atoms with Crippen LogP contribution in [0, 0.1) is 0 Å². The van der Waals surface area contributed by atoms with Crippen LogP contribution in [0.25, 0.3) is 0 Å². The molecule has 56 valence electrons. The maximum Gasteiger partial charge on any atom is 0.0516 e. The second-order valence-corrected chi connectivity index (χ2v) is 3.56. The van der Waals surface area contributed by atoms with E-state index < -0.39 is 0 Å². The third-order valence-electron chi connectivity index (χ3n) is 1.39. The van der Waals surface area contributed by atoms with E-state index in [4.69, 9.17) is 17.3 Å². The fourth-order valence-electron chi connectivity index (χ4n) is 0.724. The lowest BCUT2D eigenvalue weighted by Crippen LogP contribution is -2.05. The van der Waals surface area contributed by atoms with Gasteiger partial charge in [0.05, 0.1) is 5.02 Å². The molecule has 1 aromatic heterocycles. The van der Waals surface area contributed by atoms with Crippen molar-refractivity contribution in [3.63, 3.8) is 0 Å². The van der Waals surface area contributed by atoms with Gasteiger partial charge >= 0.3 is 0 Å². The number of nitrogens with two attached hydrogens (primary N) is 1. The van der Waals surface area contributed by atoms with Gasteiger partial charge in [-0.15, -0.1) is 11.3 Å². The van der Waals surface area contributed by atoms with Gasteiger partial charge in [0.25, 0.3) is 0 Å². The minimum Gasteiger partial charge on any atom is -0.323 e. The third-order valence-corrected chi connectivity index (χ3v) is 2.81. The normalized spacial score (nSPS) is 13.5. The predicted octanol–water partition coefficient (Wildman–Crippen LogP) is 2.81. The van der Waals surface area contributed by atoms with Gasteiger partial charge in [0.2, 0.25) is 0 Å². The average molecular weight is 176 g/mol. The predicted molar refractivity (Wildman–Crippen MR) is 46.5 cm³/mol. The molecule has 0 aliphatic carbocycles. The summed E-state index contributed by atoms with van der Waals surface area (Å²) < 4.78 is 0. The van der Waals surface area contributed by atoms with Crippen LogP contribution in [0.15, 0.2) is 11.4 Å². The third kappa shape index (κ3) is 1.72. The number of hydrogen-bond donors (Lipinski definition) is 1. The van der Waals surface area contributed by atoms with Gasteiger partial charge in [-0.2, -0.15) is 0 Å².